The first kappa shape index (κ1) is 12.1. The molecule has 3 nitrogen and oxygen atoms in total. The van der Waals surface area contributed by atoms with Gasteiger partial charge in [0, 0.05) is 11.9 Å². The summed E-state index contributed by atoms with van der Waals surface area (Å²) in [6, 6.07) is 10.0. The van der Waals surface area contributed by atoms with E-state index in [1.165, 1.54) is 16.7 Å². The maximum absolute atomic E-state index is 9.03. The van der Waals surface area contributed by atoms with Crippen molar-refractivity contribution in [3.05, 3.63) is 52.8 Å². The van der Waals surface area contributed by atoms with Gasteiger partial charge in [0.2, 0.25) is 0 Å². The summed E-state index contributed by atoms with van der Waals surface area (Å²) in [6.07, 6.45) is 1.62. The highest BCUT2D eigenvalue weighted by molar-refractivity contribution is 5.69. The Balaban J connectivity index is 2.44. The normalized spacial score (nSPS) is 9.89. The van der Waals surface area contributed by atoms with E-state index in [-0.39, 0.29) is 0 Å². The predicted octanol–water partition coefficient (Wildman–Crippen LogP) is 3.62. The zero-order valence-corrected chi connectivity index (χ0v) is 10.8. The molecule has 0 aliphatic heterocycles. The molecule has 0 radical (unpaired) electrons. The van der Waals surface area contributed by atoms with E-state index in [1.54, 1.807) is 6.20 Å². The van der Waals surface area contributed by atoms with Gasteiger partial charge < -0.3 is 5.32 Å². The highest BCUT2D eigenvalue weighted by Crippen LogP contribution is 2.26. The lowest BCUT2D eigenvalue weighted by Crippen LogP contribution is -2.00. The van der Waals surface area contributed by atoms with Gasteiger partial charge in [-0.25, -0.2) is 4.98 Å². The number of nitrogens with zero attached hydrogens (tertiary/aromatic N) is 2. The summed E-state index contributed by atoms with van der Waals surface area (Å²) in [7, 11) is 0. The molecule has 0 aliphatic carbocycles. The van der Waals surface area contributed by atoms with Crippen molar-refractivity contribution < 1.29 is 0 Å². The van der Waals surface area contributed by atoms with Gasteiger partial charge in [-0.05, 0) is 44.0 Å². The van der Waals surface area contributed by atoms with Crippen LogP contribution in [0.15, 0.2) is 30.5 Å². The van der Waals surface area contributed by atoms with Crippen molar-refractivity contribution in [3.8, 4) is 6.07 Å². The van der Waals surface area contributed by atoms with Crippen LogP contribution in [0.3, 0.4) is 0 Å². The van der Waals surface area contributed by atoms with Crippen LogP contribution in [0.25, 0.3) is 0 Å². The van der Waals surface area contributed by atoms with Crippen LogP contribution in [0.5, 0.6) is 0 Å². The summed E-state index contributed by atoms with van der Waals surface area (Å²) in [4.78, 5) is 4.05. The minimum absolute atomic E-state index is 0.414. The SMILES string of the molecule is Cc1cc(C)c(Nc2cccnc2C#N)c(C)c1. The number of aromatic nitrogens is 1. The topological polar surface area (TPSA) is 48.7 Å². The number of hydrogen-bond acceptors (Lipinski definition) is 3. The Morgan fingerprint density at radius 1 is 1.17 bits per heavy atom. The van der Waals surface area contributed by atoms with Gasteiger partial charge in [-0.2, -0.15) is 5.26 Å². The van der Waals surface area contributed by atoms with Crippen molar-refractivity contribution >= 4 is 11.4 Å². The molecule has 1 aromatic carbocycles. The van der Waals surface area contributed by atoms with Crippen LogP contribution in [-0.2, 0) is 0 Å². The van der Waals surface area contributed by atoms with Crippen molar-refractivity contribution in [2.45, 2.75) is 20.8 Å². The molecular weight excluding hydrogens is 222 g/mol. The number of hydrogen-bond donors (Lipinski definition) is 1. The van der Waals surface area contributed by atoms with Crippen molar-refractivity contribution in [3.63, 3.8) is 0 Å². The van der Waals surface area contributed by atoms with Crippen LogP contribution in [0.4, 0.5) is 11.4 Å². The molecule has 90 valence electrons. The number of rotatable bonds is 2. The molecule has 1 N–H and O–H groups in total. The smallest absolute Gasteiger partial charge is 0.163 e. The highest BCUT2D eigenvalue weighted by Gasteiger charge is 2.07. The average molecular weight is 237 g/mol. The Morgan fingerprint density at radius 3 is 2.44 bits per heavy atom. The van der Waals surface area contributed by atoms with Gasteiger partial charge in [0.15, 0.2) is 5.69 Å². The largest absolute Gasteiger partial charge is 0.353 e. The van der Waals surface area contributed by atoms with Crippen LogP contribution >= 0.6 is 0 Å². The number of pyridine rings is 1. The van der Waals surface area contributed by atoms with Crippen LogP contribution in [-0.4, -0.2) is 4.98 Å². The van der Waals surface area contributed by atoms with Gasteiger partial charge in [0.1, 0.15) is 6.07 Å². The molecule has 3 heteroatoms. The van der Waals surface area contributed by atoms with Crippen molar-refractivity contribution in [1.29, 1.82) is 5.26 Å². The van der Waals surface area contributed by atoms with E-state index in [4.69, 9.17) is 5.26 Å². The van der Waals surface area contributed by atoms with Gasteiger partial charge in [0.25, 0.3) is 0 Å². The van der Waals surface area contributed by atoms with E-state index in [9.17, 15) is 0 Å². The van der Waals surface area contributed by atoms with Gasteiger partial charge >= 0.3 is 0 Å². The zero-order chi connectivity index (χ0) is 13.1. The monoisotopic (exact) mass is 237 g/mol. The summed E-state index contributed by atoms with van der Waals surface area (Å²) in [5, 5.41) is 12.3. The second-order valence-corrected chi connectivity index (χ2v) is 4.41. The summed E-state index contributed by atoms with van der Waals surface area (Å²) >= 11 is 0. The molecule has 0 atom stereocenters. The van der Waals surface area contributed by atoms with Gasteiger partial charge in [0.05, 0.1) is 5.69 Å². The third kappa shape index (κ3) is 2.33. The lowest BCUT2D eigenvalue weighted by molar-refractivity contribution is 1.25. The molecule has 0 unspecified atom stereocenters. The minimum atomic E-state index is 0.414. The summed E-state index contributed by atoms with van der Waals surface area (Å²) in [5.74, 6) is 0. The molecule has 0 amide bonds. The van der Waals surface area contributed by atoms with Gasteiger partial charge in [-0.1, -0.05) is 17.7 Å². The van der Waals surface area contributed by atoms with Crippen molar-refractivity contribution in [2.75, 3.05) is 5.32 Å². The maximum Gasteiger partial charge on any atom is 0.163 e. The first-order chi connectivity index (χ1) is 8.61. The molecule has 2 rings (SSSR count). The van der Waals surface area contributed by atoms with Crippen LogP contribution in [0.1, 0.15) is 22.4 Å². The summed E-state index contributed by atoms with van der Waals surface area (Å²) < 4.78 is 0. The van der Waals surface area contributed by atoms with Crippen molar-refractivity contribution in [2.24, 2.45) is 0 Å². The number of anilines is 2. The Bertz CT molecular complexity index is 601. The first-order valence-electron chi connectivity index (χ1n) is 5.82. The van der Waals surface area contributed by atoms with E-state index in [0.29, 0.717) is 5.69 Å². The summed E-state index contributed by atoms with van der Waals surface area (Å²) in [5.41, 5.74) is 5.78. The van der Waals surface area contributed by atoms with E-state index in [1.807, 2.05) is 12.1 Å². The lowest BCUT2D eigenvalue weighted by atomic mass is 10.0. The van der Waals surface area contributed by atoms with E-state index < -0.39 is 0 Å². The molecule has 0 bridgehead atoms. The van der Waals surface area contributed by atoms with E-state index >= 15 is 0 Å². The Labute approximate surface area is 107 Å². The van der Waals surface area contributed by atoms with E-state index in [2.05, 4.69) is 49.3 Å². The molecule has 1 heterocycles. The number of benzene rings is 1. The molecule has 18 heavy (non-hydrogen) atoms. The number of aryl methyl sites for hydroxylation is 3. The molecule has 1 aromatic heterocycles. The third-order valence-corrected chi connectivity index (χ3v) is 2.85. The molecule has 0 fully saturated rings. The van der Waals surface area contributed by atoms with Gasteiger partial charge in [-0.3, -0.25) is 0 Å². The molecular formula is C15H15N3. The van der Waals surface area contributed by atoms with Crippen LogP contribution in [0, 0.1) is 32.1 Å². The number of nitrogens with one attached hydrogen (secondary N) is 1. The Kier molecular flexibility index (Phi) is 3.29. The molecule has 0 aliphatic rings. The summed E-state index contributed by atoms with van der Waals surface area (Å²) in [6.45, 7) is 6.20. The average Bonchev–Trinajstić information content (AvgIpc) is 2.34. The molecule has 2 aromatic rings. The predicted molar refractivity (Wildman–Crippen MR) is 72.9 cm³/mol. The first-order valence-corrected chi connectivity index (χ1v) is 5.82. The Morgan fingerprint density at radius 2 is 1.83 bits per heavy atom. The van der Waals surface area contributed by atoms with Gasteiger partial charge in [-0.15, -0.1) is 0 Å². The maximum atomic E-state index is 9.03. The fraction of sp³-hybridized carbons (Fsp3) is 0.200. The molecule has 0 saturated carbocycles. The second-order valence-electron chi connectivity index (χ2n) is 4.41. The molecule has 0 spiro atoms. The lowest BCUT2D eigenvalue weighted by Gasteiger charge is -2.14. The number of nitriles is 1. The van der Waals surface area contributed by atoms with Crippen LogP contribution < -0.4 is 5.32 Å². The van der Waals surface area contributed by atoms with E-state index in [0.717, 1.165) is 11.4 Å². The van der Waals surface area contributed by atoms with Crippen molar-refractivity contribution in [1.82, 2.24) is 4.98 Å². The van der Waals surface area contributed by atoms with Crippen LogP contribution in [0.2, 0.25) is 0 Å². The fourth-order valence-corrected chi connectivity index (χ4v) is 2.11. The third-order valence-electron chi connectivity index (χ3n) is 2.85. The Hall–Kier alpha value is -2.34. The second kappa shape index (κ2) is 4.89. The highest BCUT2D eigenvalue weighted by atomic mass is 14.9. The minimum Gasteiger partial charge on any atom is -0.353 e. The zero-order valence-electron chi connectivity index (χ0n) is 10.8. The molecule has 0 saturated heterocycles. The quantitative estimate of drug-likeness (QED) is 0.867. The fourth-order valence-electron chi connectivity index (χ4n) is 2.11. The standard InChI is InChI=1S/C15H15N3/c1-10-7-11(2)15(12(3)8-10)18-13-5-4-6-17-14(13)9-16/h4-8,18H,1-3H3.